The molecule has 120 valence electrons. The Morgan fingerprint density at radius 2 is 1.83 bits per heavy atom. The summed E-state index contributed by atoms with van der Waals surface area (Å²) in [5.74, 6) is -0.961. The van der Waals surface area contributed by atoms with Crippen molar-refractivity contribution in [1.29, 1.82) is 10.5 Å². The second kappa shape index (κ2) is 9.29. The van der Waals surface area contributed by atoms with Crippen molar-refractivity contribution < 1.29 is 14.3 Å². The highest BCUT2D eigenvalue weighted by Gasteiger charge is 2.16. The number of carbonyl (C=O) groups excluding carboxylic acids is 2. The third kappa shape index (κ3) is 5.85. The fraction of sp³-hybridized carbons (Fsp3) is 0.333. The Morgan fingerprint density at radius 1 is 1.22 bits per heavy atom. The molecule has 0 bridgehead atoms. The quantitative estimate of drug-likeness (QED) is 0.771. The predicted octanol–water partition coefficient (Wildman–Crippen LogP) is 1.47. The standard InChI is InChI=1S/C15H15ClN4O3/c16-11-3-4-13(12(9-11)15(19)22)23-10-14(21)20(7-1-5-17)8-2-6-18/h3-4,9H,1-2,7-8,10H2,(H2,19,22). The van der Waals surface area contributed by atoms with Crippen molar-refractivity contribution in [3.63, 3.8) is 0 Å². The topological polar surface area (TPSA) is 120 Å². The van der Waals surface area contributed by atoms with E-state index in [1.807, 2.05) is 12.1 Å². The van der Waals surface area contributed by atoms with Crippen LogP contribution in [-0.2, 0) is 4.79 Å². The molecule has 0 spiro atoms. The van der Waals surface area contributed by atoms with Gasteiger partial charge in [-0.05, 0) is 18.2 Å². The normalized spacial score (nSPS) is 9.52. The Hall–Kier alpha value is -2.77. The monoisotopic (exact) mass is 334 g/mol. The lowest BCUT2D eigenvalue weighted by atomic mass is 10.2. The second-order valence-electron chi connectivity index (χ2n) is 4.49. The van der Waals surface area contributed by atoms with Gasteiger partial charge in [-0.3, -0.25) is 9.59 Å². The van der Waals surface area contributed by atoms with Gasteiger partial charge < -0.3 is 15.4 Å². The van der Waals surface area contributed by atoms with Gasteiger partial charge in [0.2, 0.25) is 0 Å². The Bertz CT molecular complexity index is 646. The Labute approximate surface area is 138 Å². The number of ether oxygens (including phenoxy) is 1. The number of rotatable bonds is 8. The molecule has 2 amide bonds. The van der Waals surface area contributed by atoms with Crippen LogP contribution in [0.1, 0.15) is 23.2 Å². The van der Waals surface area contributed by atoms with Crippen LogP contribution in [0.25, 0.3) is 0 Å². The molecule has 8 heteroatoms. The molecule has 2 N–H and O–H groups in total. The van der Waals surface area contributed by atoms with Gasteiger partial charge in [-0.2, -0.15) is 10.5 Å². The molecule has 0 aliphatic carbocycles. The second-order valence-corrected chi connectivity index (χ2v) is 4.93. The molecule has 1 aromatic rings. The van der Waals surface area contributed by atoms with Crippen molar-refractivity contribution in [3.05, 3.63) is 28.8 Å². The summed E-state index contributed by atoms with van der Waals surface area (Å²) >= 11 is 5.79. The SMILES string of the molecule is N#CCCN(CCC#N)C(=O)COc1ccc(Cl)cc1C(N)=O. The Morgan fingerprint density at radius 3 is 2.35 bits per heavy atom. The molecule has 1 rings (SSSR count). The van der Waals surface area contributed by atoms with Gasteiger partial charge in [-0.15, -0.1) is 0 Å². The number of nitriles is 2. The fourth-order valence-corrected chi connectivity index (χ4v) is 1.95. The first-order chi connectivity index (χ1) is 11.0. The number of hydrogen-bond donors (Lipinski definition) is 1. The van der Waals surface area contributed by atoms with Gasteiger partial charge in [-0.1, -0.05) is 11.6 Å². The zero-order valence-electron chi connectivity index (χ0n) is 12.3. The Kier molecular flexibility index (Phi) is 7.38. The molecular weight excluding hydrogens is 320 g/mol. The molecular formula is C15H15ClN4O3. The average Bonchev–Trinajstić information content (AvgIpc) is 2.53. The largest absolute Gasteiger partial charge is 0.483 e. The molecule has 0 saturated carbocycles. The number of amides is 2. The molecule has 1 aromatic carbocycles. The minimum atomic E-state index is -0.722. The van der Waals surface area contributed by atoms with Crippen LogP contribution in [-0.4, -0.2) is 36.4 Å². The molecule has 7 nitrogen and oxygen atoms in total. The summed E-state index contributed by atoms with van der Waals surface area (Å²) in [6.45, 7) is 0.0894. The number of benzene rings is 1. The number of halogens is 1. The number of hydrogen-bond acceptors (Lipinski definition) is 5. The summed E-state index contributed by atoms with van der Waals surface area (Å²) in [4.78, 5) is 24.8. The van der Waals surface area contributed by atoms with Crippen LogP contribution in [0, 0.1) is 22.7 Å². The van der Waals surface area contributed by atoms with Gasteiger partial charge in [0.15, 0.2) is 6.61 Å². The van der Waals surface area contributed by atoms with E-state index in [2.05, 4.69) is 0 Å². The van der Waals surface area contributed by atoms with E-state index in [0.717, 1.165) is 0 Å². The number of primary amides is 1. The van der Waals surface area contributed by atoms with Gasteiger partial charge in [0.1, 0.15) is 5.75 Å². The maximum atomic E-state index is 12.1. The molecule has 0 fully saturated rings. The molecule has 0 radical (unpaired) electrons. The first-order valence-electron chi connectivity index (χ1n) is 6.73. The molecule has 0 aliphatic heterocycles. The minimum Gasteiger partial charge on any atom is -0.483 e. The predicted molar refractivity (Wildman–Crippen MR) is 82.5 cm³/mol. The van der Waals surface area contributed by atoms with Crippen molar-refractivity contribution in [3.8, 4) is 17.9 Å². The first kappa shape index (κ1) is 18.3. The minimum absolute atomic E-state index is 0.0749. The molecule has 0 aromatic heterocycles. The van der Waals surface area contributed by atoms with Crippen LogP contribution in [0.5, 0.6) is 5.75 Å². The Balaban J connectivity index is 2.75. The third-order valence-electron chi connectivity index (χ3n) is 2.90. The van der Waals surface area contributed by atoms with E-state index in [1.54, 1.807) is 0 Å². The lowest BCUT2D eigenvalue weighted by Crippen LogP contribution is -2.36. The third-order valence-corrected chi connectivity index (χ3v) is 3.13. The van der Waals surface area contributed by atoms with Crippen molar-refractivity contribution in [2.75, 3.05) is 19.7 Å². The van der Waals surface area contributed by atoms with Crippen molar-refractivity contribution in [2.24, 2.45) is 5.73 Å². The summed E-state index contributed by atoms with van der Waals surface area (Å²) in [5.41, 5.74) is 5.31. The van der Waals surface area contributed by atoms with E-state index in [-0.39, 0.29) is 49.8 Å². The zero-order valence-corrected chi connectivity index (χ0v) is 13.0. The summed E-state index contributed by atoms with van der Waals surface area (Å²) < 4.78 is 5.34. The van der Waals surface area contributed by atoms with Gasteiger partial charge in [0.05, 0.1) is 30.5 Å². The average molecular weight is 335 g/mol. The van der Waals surface area contributed by atoms with Crippen LogP contribution in [0.2, 0.25) is 5.02 Å². The fourth-order valence-electron chi connectivity index (χ4n) is 1.78. The van der Waals surface area contributed by atoms with Crippen molar-refractivity contribution in [2.45, 2.75) is 12.8 Å². The van der Waals surface area contributed by atoms with E-state index < -0.39 is 5.91 Å². The number of carbonyl (C=O) groups is 2. The van der Waals surface area contributed by atoms with E-state index in [0.29, 0.717) is 5.02 Å². The molecule has 0 saturated heterocycles. The van der Waals surface area contributed by atoms with E-state index in [1.165, 1.54) is 23.1 Å². The van der Waals surface area contributed by atoms with Crippen LogP contribution in [0.15, 0.2) is 18.2 Å². The van der Waals surface area contributed by atoms with Gasteiger partial charge in [-0.25, -0.2) is 0 Å². The molecule has 0 atom stereocenters. The molecule has 0 heterocycles. The van der Waals surface area contributed by atoms with Crippen LogP contribution in [0.4, 0.5) is 0 Å². The van der Waals surface area contributed by atoms with Crippen molar-refractivity contribution >= 4 is 23.4 Å². The van der Waals surface area contributed by atoms with Gasteiger partial charge in [0.25, 0.3) is 11.8 Å². The van der Waals surface area contributed by atoms with E-state index in [9.17, 15) is 9.59 Å². The van der Waals surface area contributed by atoms with Gasteiger partial charge in [0, 0.05) is 18.1 Å². The summed E-state index contributed by atoms with van der Waals surface area (Å²) in [6.07, 6.45) is 0.315. The number of nitrogens with zero attached hydrogens (tertiary/aromatic N) is 3. The summed E-state index contributed by atoms with van der Waals surface area (Å²) in [7, 11) is 0. The highest BCUT2D eigenvalue weighted by atomic mass is 35.5. The molecule has 0 unspecified atom stereocenters. The van der Waals surface area contributed by atoms with E-state index in [4.69, 9.17) is 32.6 Å². The lowest BCUT2D eigenvalue weighted by Gasteiger charge is -2.20. The smallest absolute Gasteiger partial charge is 0.260 e. The molecule has 23 heavy (non-hydrogen) atoms. The van der Waals surface area contributed by atoms with Crippen LogP contribution < -0.4 is 10.5 Å². The molecule has 0 aliphatic rings. The van der Waals surface area contributed by atoms with Crippen molar-refractivity contribution in [1.82, 2.24) is 4.90 Å². The number of nitrogens with two attached hydrogens (primary N) is 1. The summed E-state index contributed by atoms with van der Waals surface area (Å²) in [6, 6.07) is 8.19. The maximum absolute atomic E-state index is 12.1. The highest BCUT2D eigenvalue weighted by molar-refractivity contribution is 6.31. The summed E-state index contributed by atoms with van der Waals surface area (Å²) in [5, 5.41) is 17.5. The zero-order chi connectivity index (χ0) is 17.2. The first-order valence-corrected chi connectivity index (χ1v) is 7.11. The van der Waals surface area contributed by atoms with Crippen LogP contribution >= 0.6 is 11.6 Å². The van der Waals surface area contributed by atoms with E-state index >= 15 is 0 Å². The lowest BCUT2D eigenvalue weighted by molar-refractivity contribution is -0.133. The highest BCUT2D eigenvalue weighted by Crippen LogP contribution is 2.22. The van der Waals surface area contributed by atoms with Gasteiger partial charge >= 0.3 is 0 Å². The van der Waals surface area contributed by atoms with Crippen LogP contribution in [0.3, 0.4) is 0 Å². The maximum Gasteiger partial charge on any atom is 0.260 e.